The molecule has 78 valence electrons. The van der Waals surface area contributed by atoms with Crippen LogP contribution in [0, 0.1) is 5.82 Å². The molecule has 0 bridgehead atoms. The zero-order chi connectivity index (χ0) is 10.7. The topological polar surface area (TPSA) is 29.9 Å². The lowest BCUT2D eigenvalue weighted by atomic mass is 10.3. The third kappa shape index (κ3) is 2.15. The van der Waals surface area contributed by atoms with E-state index in [4.69, 9.17) is 0 Å². The second-order valence-corrected chi connectivity index (χ2v) is 3.33. The molecular weight excluding hydrogens is 193 g/mol. The summed E-state index contributed by atoms with van der Waals surface area (Å²) in [6.07, 6.45) is 3.48. The predicted molar refractivity (Wildman–Crippen MR) is 56.9 cm³/mol. The van der Waals surface area contributed by atoms with Crippen LogP contribution >= 0.6 is 0 Å². The summed E-state index contributed by atoms with van der Waals surface area (Å²) >= 11 is 0. The van der Waals surface area contributed by atoms with Crippen molar-refractivity contribution in [2.24, 2.45) is 7.05 Å². The zero-order valence-electron chi connectivity index (χ0n) is 8.44. The summed E-state index contributed by atoms with van der Waals surface area (Å²) in [5, 5.41) is 3.02. The molecule has 0 saturated heterocycles. The first kappa shape index (κ1) is 9.71. The molecule has 0 atom stereocenters. The van der Waals surface area contributed by atoms with Gasteiger partial charge in [0.15, 0.2) is 0 Å². The highest BCUT2D eigenvalue weighted by Crippen LogP contribution is 2.13. The number of anilines is 1. The van der Waals surface area contributed by atoms with Gasteiger partial charge in [0.1, 0.15) is 5.82 Å². The molecule has 3 nitrogen and oxygen atoms in total. The van der Waals surface area contributed by atoms with Gasteiger partial charge in [0.05, 0.1) is 24.3 Å². The molecular formula is C11H12FN3. The molecule has 1 aromatic heterocycles. The average Bonchev–Trinajstić information content (AvgIpc) is 2.63. The maximum atomic E-state index is 13.2. The summed E-state index contributed by atoms with van der Waals surface area (Å²) in [7, 11) is 1.91. The first-order valence-electron chi connectivity index (χ1n) is 4.71. The summed E-state index contributed by atoms with van der Waals surface area (Å²) < 4.78 is 15.1. The van der Waals surface area contributed by atoms with E-state index in [2.05, 4.69) is 10.3 Å². The average molecular weight is 205 g/mol. The van der Waals surface area contributed by atoms with E-state index in [1.807, 2.05) is 11.6 Å². The van der Waals surface area contributed by atoms with Crippen LogP contribution in [0.1, 0.15) is 5.69 Å². The van der Waals surface area contributed by atoms with Crippen LogP contribution in [-0.2, 0) is 13.6 Å². The van der Waals surface area contributed by atoms with Crippen LogP contribution in [0.25, 0.3) is 0 Å². The van der Waals surface area contributed by atoms with Crippen molar-refractivity contribution in [3.63, 3.8) is 0 Å². The summed E-state index contributed by atoms with van der Waals surface area (Å²) in [5.41, 5.74) is 1.52. The van der Waals surface area contributed by atoms with Gasteiger partial charge in [-0.2, -0.15) is 0 Å². The van der Waals surface area contributed by atoms with Crippen molar-refractivity contribution in [1.82, 2.24) is 9.55 Å². The maximum absolute atomic E-state index is 13.2. The van der Waals surface area contributed by atoms with Crippen molar-refractivity contribution in [3.05, 3.63) is 48.3 Å². The van der Waals surface area contributed by atoms with Crippen molar-refractivity contribution in [2.45, 2.75) is 6.54 Å². The number of hydrogen-bond acceptors (Lipinski definition) is 2. The Balaban J connectivity index is 2.06. The van der Waals surface area contributed by atoms with Gasteiger partial charge >= 0.3 is 0 Å². The number of rotatable bonds is 3. The molecule has 0 radical (unpaired) electrons. The van der Waals surface area contributed by atoms with Gasteiger partial charge in [0.2, 0.25) is 0 Å². The molecule has 0 aliphatic rings. The maximum Gasteiger partial charge on any atom is 0.146 e. The lowest BCUT2D eigenvalue weighted by Crippen LogP contribution is -2.04. The van der Waals surface area contributed by atoms with Gasteiger partial charge < -0.3 is 9.88 Å². The quantitative estimate of drug-likeness (QED) is 0.832. The third-order valence-corrected chi connectivity index (χ3v) is 2.25. The highest BCUT2D eigenvalue weighted by atomic mass is 19.1. The Labute approximate surface area is 87.6 Å². The fourth-order valence-electron chi connectivity index (χ4n) is 1.35. The minimum Gasteiger partial charge on any atom is -0.377 e. The van der Waals surface area contributed by atoms with Crippen LogP contribution in [0.15, 0.2) is 36.8 Å². The first-order valence-corrected chi connectivity index (χ1v) is 4.71. The van der Waals surface area contributed by atoms with E-state index >= 15 is 0 Å². The van der Waals surface area contributed by atoms with Crippen molar-refractivity contribution < 1.29 is 4.39 Å². The standard InChI is InChI=1S/C11H12FN3/c1-15-8-13-6-9(15)7-14-11-5-3-2-4-10(11)12/h2-6,8,14H,7H2,1H3. The minimum absolute atomic E-state index is 0.236. The highest BCUT2D eigenvalue weighted by Gasteiger charge is 2.01. The third-order valence-electron chi connectivity index (χ3n) is 2.25. The second-order valence-electron chi connectivity index (χ2n) is 3.33. The van der Waals surface area contributed by atoms with Gasteiger partial charge in [-0.1, -0.05) is 12.1 Å². The van der Waals surface area contributed by atoms with E-state index in [9.17, 15) is 4.39 Å². The van der Waals surface area contributed by atoms with Crippen molar-refractivity contribution >= 4 is 5.69 Å². The van der Waals surface area contributed by atoms with Gasteiger partial charge in [-0.3, -0.25) is 0 Å². The molecule has 1 aromatic carbocycles. The number of halogens is 1. The Bertz CT molecular complexity index is 451. The van der Waals surface area contributed by atoms with Crippen molar-refractivity contribution in [3.8, 4) is 0 Å². The monoisotopic (exact) mass is 205 g/mol. The molecule has 0 aliphatic heterocycles. The van der Waals surface area contributed by atoms with Crippen LogP contribution in [0.5, 0.6) is 0 Å². The Morgan fingerprint density at radius 3 is 2.87 bits per heavy atom. The molecule has 0 fully saturated rings. The Morgan fingerprint density at radius 1 is 1.40 bits per heavy atom. The summed E-state index contributed by atoms with van der Waals surface area (Å²) in [6.45, 7) is 0.567. The zero-order valence-corrected chi connectivity index (χ0v) is 8.44. The number of imidazole rings is 1. The van der Waals surface area contributed by atoms with Crippen LogP contribution in [0.2, 0.25) is 0 Å². The molecule has 2 aromatic rings. The normalized spacial score (nSPS) is 10.3. The molecule has 0 aliphatic carbocycles. The van der Waals surface area contributed by atoms with E-state index in [0.717, 1.165) is 5.69 Å². The van der Waals surface area contributed by atoms with Gasteiger partial charge in [0.25, 0.3) is 0 Å². The van der Waals surface area contributed by atoms with E-state index in [1.165, 1.54) is 6.07 Å². The molecule has 0 amide bonds. The fourth-order valence-corrected chi connectivity index (χ4v) is 1.35. The van der Waals surface area contributed by atoms with Crippen LogP contribution in [0.3, 0.4) is 0 Å². The lowest BCUT2D eigenvalue weighted by molar-refractivity contribution is 0.629. The molecule has 0 spiro atoms. The largest absolute Gasteiger partial charge is 0.377 e. The first-order chi connectivity index (χ1) is 7.27. The van der Waals surface area contributed by atoms with Crippen LogP contribution in [-0.4, -0.2) is 9.55 Å². The van der Waals surface area contributed by atoms with Crippen LogP contribution in [0.4, 0.5) is 10.1 Å². The van der Waals surface area contributed by atoms with Crippen LogP contribution < -0.4 is 5.32 Å². The summed E-state index contributed by atoms with van der Waals surface area (Å²) in [6, 6.07) is 6.62. The number of para-hydroxylation sites is 1. The van der Waals surface area contributed by atoms with Crippen molar-refractivity contribution in [2.75, 3.05) is 5.32 Å². The number of aryl methyl sites for hydroxylation is 1. The lowest BCUT2D eigenvalue weighted by Gasteiger charge is -2.07. The molecule has 0 unspecified atom stereocenters. The van der Waals surface area contributed by atoms with Crippen molar-refractivity contribution in [1.29, 1.82) is 0 Å². The van der Waals surface area contributed by atoms with E-state index in [0.29, 0.717) is 12.2 Å². The molecule has 4 heteroatoms. The molecule has 1 heterocycles. The SMILES string of the molecule is Cn1cncc1CNc1ccccc1F. The Kier molecular flexibility index (Phi) is 2.67. The van der Waals surface area contributed by atoms with Gasteiger partial charge in [-0.15, -0.1) is 0 Å². The summed E-state index contributed by atoms with van der Waals surface area (Å²) in [4.78, 5) is 3.99. The number of hydrogen-bond donors (Lipinski definition) is 1. The summed E-state index contributed by atoms with van der Waals surface area (Å²) in [5.74, 6) is -0.236. The molecule has 15 heavy (non-hydrogen) atoms. The fraction of sp³-hybridized carbons (Fsp3) is 0.182. The molecule has 1 N–H and O–H groups in total. The van der Waals surface area contributed by atoms with Gasteiger partial charge in [-0.25, -0.2) is 9.37 Å². The Morgan fingerprint density at radius 2 is 2.20 bits per heavy atom. The number of nitrogens with one attached hydrogen (secondary N) is 1. The van der Waals surface area contributed by atoms with E-state index in [1.54, 1.807) is 30.7 Å². The number of benzene rings is 1. The minimum atomic E-state index is -0.236. The van der Waals surface area contributed by atoms with E-state index < -0.39 is 0 Å². The number of nitrogens with zero attached hydrogens (tertiary/aromatic N) is 2. The Hall–Kier alpha value is -1.84. The molecule has 2 rings (SSSR count). The van der Waals surface area contributed by atoms with Gasteiger partial charge in [0, 0.05) is 13.2 Å². The van der Waals surface area contributed by atoms with E-state index in [-0.39, 0.29) is 5.82 Å². The highest BCUT2D eigenvalue weighted by molar-refractivity contribution is 5.44. The smallest absolute Gasteiger partial charge is 0.146 e. The number of aromatic nitrogens is 2. The second kappa shape index (κ2) is 4.13. The predicted octanol–water partition coefficient (Wildman–Crippen LogP) is 2.17. The molecule has 0 saturated carbocycles. The van der Waals surface area contributed by atoms with Gasteiger partial charge in [-0.05, 0) is 12.1 Å².